The smallest absolute Gasteiger partial charge is 0.239 e. The van der Waals surface area contributed by atoms with Gasteiger partial charge in [0.25, 0.3) is 0 Å². The van der Waals surface area contributed by atoms with Crippen LogP contribution in [0, 0.1) is 5.92 Å². The van der Waals surface area contributed by atoms with Crippen molar-refractivity contribution in [3.63, 3.8) is 0 Å². The quantitative estimate of drug-likeness (QED) is 0.815. The zero-order chi connectivity index (χ0) is 14.5. The van der Waals surface area contributed by atoms with E-state index in [1.807, 2.05) is 20.8 Å². The average Bonchev–Trinajstić information content (AvgIpc) is 2.75. The summed E-state index contributed by atoms with van der Waals surface area (Å²) in [7, 11) is 0. The van der Waals surface area contributed by atoms with Crippen molar-refractivity contribution < 1.29 is 4.79 Å². The Morgan fingerprint density at radius 3 is 2.58 bits per heavy atom. The lowest BCUT2D eigenvalue weighted by molar-refractivity contribution is -0.121. The van der Waals surface area contributed by atoms with Gasteiger partial charge in [-0.25, -0.2) is 0 Å². The Morgan fingerprint density at radius 2 is 2.05 bits per heavy atom. The number of aliphatic imine (C=N–C) groups is 1. The van der Waals surface area contributed by atoms with Crippen LogP contribution in [0.1, 0.15) is 47.5 Å². The van der Waals surface area contributed by atoms with Crippen LogP contribution < -0.4 is 10.6 Å². The Bertz CT molecular complexity index is 332. The van der Waals surface area contributed by atoms with Gasteiger partial charge >= 0.3 is 0 Å². The van der Waals surface area contributed by atoms with Crippen molar-refractivity contribution in [1.29, 1.82) is 0 Å². The van der Waals surface area contributed by atoms with E-state index in [0.717, 1.165) is 17.6 Å². The third-order valence-electron chi connectivity index (χ3n) is 3.17. The van der Waals surface area contributed by atoms with Crippen LogP contribution in [-0.2, 0) is 4.79 Å². The van der Waals surface area contributed by atoms with Gasteiger partial charge in [-0.1, -0.05) is 38.5 Å². The van der Waals surface area contributed by atoms with Crippen molar-refractivity contribution in [1.82, 2.24) is 10.6 Å². The summed E-state index contributed by atoms with van der Waals surface area (Å²) < 4.78 is 0. The molecule has 110 valence electrons. The van der Waals surface area contributed by atoms with Crippen molar-refractivity contribution in [2.45, 2.75) is 58.2 Å². The number of carbonyl (C=O) groups is 1. The van der Waals surface area contributed by atoms with Gasteiger partial charge in [0.1, 0.15) is 0 Å². The second-order valence-corrected chi connectivity index (χ2v) is 7.26. The van der Waals surface area contributed by atoms with Crippen LogP contribution in [0.5, 0.6) is 0 Å². The van der Waals surface area contributed by atoms with E-state index in [4.69, 9.17) is 0 Å². The molecular weight excluding hydrogens is 258 g/mol. The molecule has 1 heterocycles. The van der Waals surface area contributed by atoms with Gasteiger partial charge < -0.3 is 10.6 Å². The molecule has 2 N–H and O–H groups in total. The molecule has 1 unspecified atom stereocenters. The molecule has 0 saturated carbocycles. The van der Waals surface area contributed by atoms with Crippen LogP contribution >= 0.6 is 11.8 Å². The standard InChI is InChI=1S/C14H27N3OS/c1-6-10(7-2)11-8-15-13(19-11)16-9-12(18)17-14(3,4)5/h10-11H,6-9H2,1-5H3,(H,15,16)(H,17,18). The normalized spacial score (nSPS) is 19.5. The molecule has 1 aliphatic heterocycles. The zero-order valence-electron chi connectivity index (χ0n) is 12.7. The van der Waals surface area contributed by atoms with Gasteiger partial charge in [-0.3, -0.25) is 9.79 Å². The fourth-order valence-electron chi connectivity index (χ4n) is 2.17. The van der Waals surface area contributed by atoms with Gasteiger partial charge in [-0.2, -0.15) is 0 Å². The minimum Gasteiger partial charge on any atom is -0.356 e. The van der Waals surface area contributed by atoms with E-state index in [0.29, 0.717) is 11.8 Å². The van der Waals surface area contributed by atoms with E-state index in [-0.39, 0.29) is 11.4 Å². The SMILES string of the molecule is CCC(CC)C1CN=C(NCC(=O)NC(C)(C)C)S1. The second kappa shape index (κ2) is 7.17. The van der Waals surface area contributed by atoms with Gasteiger partial charge in [-0.05, 0) is 26.7 Å². The van der Waals surface area contributed by atoms with E-state index in [1.54, 1.807) is 11.8 Å². The molecule has 1 rings (SSSR count). The first kappa shape index (κ1) is 16.3. The molecule has 4 nitrogen and oxygen atoms in total. The molecule has 0 saturated heterocycles. The lowest BCUT2D eigenvalue weighted by Gasteiger charge is -2.21. The molecule has 19 heavy (non-hydrogen) atoms. The molecule has 0 radical (unpaired) electrons. The van der Waals surface area contributed by atoms with Crippen molar-refractivity contribution >= 4 is 22.8 Å². The van der Waals surface area contributed by atoms with Crippen molar-refractivity contribution in [3.8, 4) is 0 Å². The van der Waals surface area contributed by atoms with Gasteiger partial charge in [-0.15, -0.1) is 0 Å². The molecule has 1 amide bonds. The van der Waals surface area contributed by atoms with E-state index >= 15 is 0 Å². The molecule has 0 aromatic heterocycles. The summed E-state index contributed by atoms with van der Waals surface area (Å²) in [6.07, 6.45) is 2.39. The predicted octanol–water partition coefficient (Wildman–Crippen LogP) is 2.40. The van der Waals surface area contributed by atoms with E-state index in [9.17, 15) is 4.79 Å². The van der Waals surface area contributed by atoms with E-state index < -0.39 is 0 Å². The highest BCUT2D eigenvalue weighted by Gasteiger charge is 2.26. The third kappa shape index (κ3) is 5.85. The van der Waals surface area contributed by atoms with Crippen molar-refractivity contribution in [2.75, 3.05) is 13.1 Å². The van der Waals surface area contributed by atoms with Crippen molar-refractivity contribution in [3.05, 3.63) is 0 Å². The molecule has 1 aliphatic rings. The molecule has 0 bridgehead atoms. The maximum absolute atomic E-state index is 11.7. The molecule has 0 aromatic carbocycles. The predicted molar refractivity (Wildman–Crippen MR) is 83.7 cm³/mol. The number of amides is 1. The summed E-state index contributed by atoms with van der Waals surface area (Å²) in [5, 5.41) is 7.56. The first-order valence-corrected chi connectivity index (χ1v) is 7.99. The number of amidine groups is 1. The highest BCUT2D eigenvalue weighted by Crippen LogP contribution is 2.30. The number of hydrogen-bond donors (Lipinski definition) is 2. The third-order valence-corrected chi connectivity index (χ3v) is 4.50. The Hall–Kier alpha value is -0.710. The first-order chi connectivity index (χ1) is 8.85. The minimum atomic E-state index is -0.179. The first-order valence-electron chi connectivity index (χ1n) is 7.11. The maximum atomic E-state index is 11.7. The van der Waals surface area contributed by atoms with E-state index in [1.165, 1.54) is 12.8 Å². The number of thioether (sulfide) groups is 1. The van der Waals surface area contributed by atoms with Crippen LogP contribution in [0.25, 0.3) is 0 Å². The number of carbonyl (C=O) groups excluding carboxylic acids is 1. The fourth-order valence-corrected chi connectivity index (χ4v) is 3.48. The summed E-state index contributed by atoms with van der Waals surface area (Å²) in [4.78, 5) is 16.2. The van der Waals surface area contributed by atoms with Crippen LogP contribution in [-0.4, -0.2) is 35.0 Å². The summed E-state index contributed by atoms with van der Waals surface area (Å²) in [6.45, 7) is 11.6. The van der Waals surface area contributed by atoms with Crippen LogP contribution in [0.15, 0.2) is 4.99 Å². The van der Waals surface area contributed by atoms with E-state index in [2.05, 4.69) is 29.5 Å². The molecular formula is C14H27N3OS. The van der Waals surface area contributed by atoms with Gasteiger partial charge in [0.15, 0.2) is 5.17 Å². The highest BCUT2D eigenvalue weighted by atomic mass is 32.2. The number of nitrogens with zero attached hydrogens (tertiary/aromatic N) is 1. The Morgan fingerprint density at radius 1 is 1.42 bits per heavy atom. The van der Waals surface area contributed by atoms with Gasteiger partial charge in [0.2, 0.25) is 5.91 Å². The molecule has 5 heteroatoms. The molecule has 0 fully saturated rings. The summed E-state index contributed by atoms with van der Waals surface area (Å²) in [6, 6.07) is 0. The summed E-state index contributed by atoms with van der Waals surface area (Å²) in [5.41, 5.74) is -0.179. The molecule has 1 atom stereocenters. The monoisotopic (exact) mass is 285 g/mol. The Labute approximate surface area is 121 Å². The fraction of sp³-hybridized carbons (Fsp3) is 0.857. The van der Waals surface area contributed by atoms with Crippen LogP contribution in [0.2, 0.25) is 0 Å². The number of nitrogens with one attached hydrogen (secondary N) is 2. The summed E-state index contributed by atoms with van der Waals surface area (Å²) >= 11 is 1.79. The summed E-state index contributed by atoms with van der Waals surface area (Å²) in [5.74, 6) is 0.734. The second-order valence-electron chi connectivity index (χ2n) is 6.03. The lowest BCUT2D eigenvalue weighted by Crippen LogP contribution is -2.45. The Balaban J connectivity index is 2.31. The van der Waals surface area contributed by atoms with Gasteiger partial charge in [0.05, 0.1) is 13.1 Å². The highest BCUT2D eigenvalue weighted by molar-refractivity contribution is 8.14. The minimum absolute atomic E-state index is 0.0155. The number of hydrogen-bond acceptors (Lipinski definition) is 4. The van der Waals surface area contributed by atoms with Crippen molar-refractivity contribution in [2.24, 2.45) is 10.9 Å². The topological polar surface area (TPSA) is 53.5 Å². The average molecular weight is 285 g/mol. The zero-order valence-corrected chi connectivity index (χ0v) is 13.6. The van der Waals surface area contributed by atoms with Crippen LogP contribution in [0.3, 0.4) is 0 Å². The lowest BCUT2D eigenvalue weighted by atomic mass is 9.99. The van der Waals surface area contributed by atoms with Gasteiger partial charge in [0, 0.05) is 10.8 Å². The maximum Gasteiger partial charge on any atom is 0.239 e. The largest absolute Gasteiger partial charge is 0.356 e. The molecule has 0 aliphatic carbocycles. The molecule has 0 aromatic rings. The van der Waals surface area contributed by atoms with Crippen LogP contribution in [0.4, 0.5) is 0 Å². The number of rotatable bonds is 5. The molecule has 0 spiro atoms. The Kier molecular flexibility index (Phi) is 6.17.